The first-order valence-corrected chi connectivity index (χ1v) is 12.9. The van der Waals surface area contributed by atoms with Gasteiger partial charge in [0.1, 0.15) is 6.07 Å². The van der Waals surface area contributed by atoms with Crippen molar-refractivity contribution in [1.82, 2.24) is 20.2 Å². The van der Waals surface area contributed by atoms with Crippen LogP contribution in [-0.4, -0.2) is 71.7 Å². The molecule has 2 amide bonds. The van der Waals surface area contributed by atoms with E-state index in [1.54, 1.807) is 11.8 Å². The molecule has 1 aliphatic rings. The van der Waals surface area contributed by atoms with Crippen molar-refractivity contribution in [3.05, 3.63) is 54.2 Å². The molecule has 1 aliphatic heterocycles. The number of nitriles is 1. The molecular formula is C26H30N8O2S. The van der Waals surface area contributed by atoms with Gasteiger partial charge in [-0.05, 0) is 45.1 Å². The van der Waals surface area contributed by atoms with Gasteiger partial charge >= 0.3 is 6.03 Å². The summed E-state index contributed by atoms with van der Waals surface area (Å²) in [6, 6.07) is 14.9. The number of hydrogen-bond acceptors (Lipinski definition) is 9. The number of carbonyl (C=O) groups is 1. The number of rotatable bonds is 10. The van der Waals surface area contributed by atoms with E-state index >= 15 is 0 Å². The molecule has 0 saturated heterocycles. The Labute approximate surface area is 220 Å². The molecule has 0 bridgehead atoms. The van der Waals surface area contributed by atoms with Crippen LogP contribution in [0.15, 0.2) is 53.7 Å². The van der Waals surface area contributed by atoms with E-state index in [4.69, 9.17) is 4.74 Å². The second-order valence-electron chi connectivity index (χ2n) is 8.73. The number of aromatic nitrogens is 2. The Morgan fingerprint density at radius 1 is 1.22 bits per heavy atom. The van der Waals surface area contributed by atoms with Crippen LogP contribution in [0.1, 0.15) is 18.4 Å². The molecule has 0 saturated carbocycles. The fraction of sp³-hybridized carbons (Fsp3) is 0.346. The molecule has 0 fully saturated rings. The SMILES string of the molecule is CN(C)CCCOc1ccc2c(NCCC3CN=C(NC(=O)Nc4ccccc4)S3)c(C#N)cnc2n1. The topological polar surface area (TPSA) is 128 Å². The van der Waals surface area contributed by atoms with E-state index in [-0.39, 0.29) is 11.3 Å². The number of carbonyl (C=O) groups excluding carboxylic acids is 1. The summed E-state index contributed by atoms with van der Waals surface area (Å²) < 4.78 is 5.77. The molecule has 0 radical (unpaired) electrons. The Kier molecular flexibility index (Phi) is 9.13. The number of para-hydroxylation sites is 1. The fourth-order valence-electron chi connectivity index (χ4n) is 3.75. The Hall–Kier alpha value is -3.88. The van der Waals surface area contributed by atoms with Gasteiger partial charge in [0, 0.05) is 41.7 Å². The third-order valence-electron chi connectivity index (χ3n) is 5.56. The van der Waals surface area contributed by atoms with Crippen molar-refractivity contribution in [2.24, 2.45) is 4.99 Å². The summed E-state index contributed by atoms with van der Waals surface area (Å²) in [5.74, 6) is 0.519. The molecule has 1 aromatic carbocycles. The zero-order chi connectivity index (χ0) is 26.0. The molecule has 4 rings (SSSR count). The van der Waals surface area contributed by atoms with Gasteiger partial charge in [0.15, 0.2) is 10.8 Å². The van der Waals surface area contributed by atoms with Gasteiger partial charge < -0.3 is 20.3 Å². The Balaban J connectivity index is 1.28. The normalized spacial score (nSPS) is 14.8. The van der Waals surface area contributed by atoms with Crippen molar-refractivity contribution in [2.45, 2.75) is 18.1 Å². The van der Waals surface area contributed by atoms with Gasteiger partial charge in [-0.1, -0.05) is 30.0 Å². The smallest absolute Gasteiger partial charge is 0.325 e. The molecule has 0 spiro atoms. The molecule has 10 nitrogen and oxygen atoms in total. The van der Waals surface area contributed by atoms with Crippen LogP contribution in [0.25, 0.3) is 11.0 Å². The highest BCUT2D eigenvalue weighted by Gasteiger charge is 2.21. The summed E-state index contributed by atoms with van der Waals surface area (Å²) in [5.41, 5.74) is 2.42. The van der Waals surface area contributed by atoms with Crippen molar-refractivity contribution >= 4 is 45.4 Å². The zero-order valence-electron chi connectivity index (χ0n) is 20.9. The van der Waals surface area contributed by atoms with Gasteiger partial charge in [-0.3, -0.25) is 10.3 Å². The number of aliphatic imine (C=N–C) groups is 1. The van der Waals surface area contributed by atoms with Crippen molar-refractivity contribution in [2.75, 3.05) is 51.0 Å². The molecular weight excluding hydrogens is 488 g/mol. The van der Waals surface area contributed by atoms with Crippen LogP contribution < -0.4 is 20.7 Å². The van der Waals surface area contributed by atoms with Gasteiger partial charge in [0.05, 0.1) is 24.4 Å². The second-order valence-corrected chi connectivity index (χ2v) is 10.0. The predicted octanol–water partition coefficient (Wildman–Crippen LogP) is 3.93. The number of nitrogens with zero attached hydrogens (tertiary/aromatic N) is 5. The largest absolute Gasteiger partial charge is 0.478 e. The maximum Gasteiger partial charge on any atom is 0.325 e. The molecule has 192 valence electrons. The number of urea groups is 1. The number of nitrogens with one attached hydrogen (secondary N) is 3. The highest BCUT2D eigenvalue weighted by atomic mass is 32.2. The maximum atomic E-state index is 12.2. The summed E-state index contributed by atoms with van der Waals surface area (Å²) in [5, 5.41) is 20.2. The van der Waals surface area contributed by atoms with Crippen LogP contribution in [0.2, 0.25) is 0 Å². The number of thioether (sulfide) groups is 1. The summed E-state index contributed by atoms with van der Waals surface area (Å²) in [6.07, 6.45) is 3.24. The average molecular weight is 519 g/mol. The Morgan fingerprint density at radius 2 is 2.05 bits per heavy atom. The number of anilines is 2. The minimum Gasteiger partial charge on any atom is -0.478 e. The Morgan fingerprint density at radius 3 is 2.84 bits per heavy atom. The van der Waals surface area contributed by atoms with E-state index in [0.29, 0.717) is 47.6 Å². The lowest BCUT2D eigenvalue weighted by Gasteiger charge is -2.14. The molecule has 3 N–H and O–H groups in total. The number of fused-ring (bicyclic) bond motifs is 1. The summed E-state index contributed by atoms with van der Waals surface area (Å²) >= 11 is 1.54. The molecule has 3 aromatic rings. The molecule has 1 atom stereocenters. The number of ether oxygens (including phenoxy) is 1. The van der Waals surface area contributed by atoms with Crippen LogP contribution >= 0.6 is 11.8 Å². The van der Waals surface area contributed by atoms with E-state index < -0.39 is 0 Å². The lowest BCUT2D eigenvalue weighted by Crippen LogP contribution is -2.32. The lowest BCUT2D eigenvalue weighted by molar-refractivity contribution is 0.256. The Bertz CT molecular complexity index is 1290. The van der Waals surface area contributed by atoms with Crippen molar-refractivity contribution in [3.63, 3.8) is 0 Å². The fourth-order valence-corrected chi connectivity index (χ4v) is 4.75. The average Bonchev–Trinajstić information content (AvgIpc) is 3.33. The van der Waals surface area contributed by atoms with Gasteiger partial charge in [0.2, 0.25) is 5.88 Å². The van der Waals surface area contributed by atoms with Crippen molar-refractivity contribution in [3.8, 4) is 11.9 Å². The summed E-state index contributed by atoms with van der Waals surface area (Å²) in [4.78, 5) is 27.6. The molecule has 3 heterocycles. The van der Waals surface area contributed by atoms with Gasteiger partial charge in [-0.15, -0.1) is 0 Å². The number of amides is 2. The lowest BCUT2D eigenvalue weighted by atomic mass is 10.1. The first-order chi connectivity index (χ1) is 18.0. The van der Waals surface area contributed by atoms with Crippen LogP contribution in [0.3, 0.4) is 0 Å². The summed E-state index contributed by atoms with van der Waals surface area (Å²) in [6.45, 7) is 2.76. The van der Waals surface area contributed by atoms with E-state index in [1.807, 2.05) is 56.6 Å². The molecule has 1 unspecified atom stereocenters. The van der Waals surface area contributed by atoms with E-state index in [2.05, 4.69) is 41.9 Å². The summed E-state index contributed by atoms with van der Waals surface area (Å²) in [7, 11) is 4.05. The third kappa shape index (κ3) is 7.55. The third-order valence-corrected chi connectivity index (χ3v) is 6.73. The van der Waals surface area contributed by atoms with E-state index in [0.717, 1.165) is 30.5 Å². The van der Waals surface area contributed by atoms with Gasteiger partial charge in [0.25, 0.3) is 0 Å². The molecule has 0 aliphatic carbocycles. The van der Waals surface area contributed by atoms with Crippen molar-refractivity contribution in [1.29, 1.82) is 5.26 Å². The number of pyridine rings is 2. The van der Waals surface area contributed by atoms with E-state index in [9.17, 15) is 10.1 Å². The van der Waals surface area contributed by atoms with Crippen molar-refractivity contribution < 1.29 is 9.53 Å². The minimum atomic E-state index is -0.313. The molecule has 37 heavy (non-hydrogen) atoms. The van der Waals surface area contributed by atoms with Crippen LogP contribution in [0, 0.1) is 11.3 Å². The van der Waals surface area contributed by atoms with E-state index in [1.165, 1.54) is 6.20 Å². The number of amidine groups is 1. The predicted molar refractivity (Wildman–Crippen MR) is 148 cm³/mol. The quantitative estimate of drug-likeness (QED) is 0.345. The first kappa shape index (κ1) is 26.2. The van der Waals surface area contributed by atoms with Crippen LogP contribution in [-0.2, 0) is 0 Å². The highest BCUT2D eigenvalue weighted by molar-refractivity contribution is 8.14. The minimum absolute atomic E-state index is 0.221. The number of hydrogen-bond donors (Lipinski definition) is 3. The zero-order valence-corrected chi connectivity index (χ0v) is 21.7. The first-order valence-electron chi connectivity index (χ1n) is 12.1. The van der Waals surface area contributed by atoms with Crippen LogP contribution in [0.5, 0.6) is 5.88 Å². The highest BCUT2D eigenvalue weighted by Crippen LogP contribution is 2.28. The standard InChI is InChI=1S/C26H30N8O2S/c1-34(2)13-6-14-36-22-10-9-21-23(18(15-27)16-29-24(21)32-22)28-12-11-20-17-30-26(37-20)33-25(35)31-19-7-4-3-5-8-19/h3-5,7-10,16,20H,6,11-14,17H2,1-2H3,(H,28,29,32)(H2,30,31,33,35). The molecule has 11 heteroatoms. The van der Waals surface area contributed by atoms with Gasteiger partial charge in [-0.2, -0.15) is 10.2 Å². The number of benzene rings is 1. The maximum absolute atomic E-state index is 12.2. The monoisotopic (exact) mass is 518 g/mol. The van der Waals surface area contributed by atoms with Gasteiger partial charge in [-0.25, -0.2) is 9.78 Å². The van der Waals surface area contributed by atoms with Crippen LogP contribution in [0.4, 0.5) is 16.2 Å². The molecule has 2 aromatic heterocycles. The second kappa shape index (κ2) is 12.9.